The number of phenolic OH excluding ortho intramolecular Hbond substituents is 1. The Bertz CT molecular complexity index is 348. The highest BCUT2D eigenvalue weighted by Crippen LogP contribution is 2.08. The molecule has 14 heavy (non-hydrogen) atoms. The van der Waals surface area contributed by atoms with E-state index < -0.39 is 12.6 Å². The smallest absolute Gasteiger partial charge is 0.344 e. The summed E-state index contributed by atoms with van der Waals surface area (Å²) in [6, 6.07) is 6.35. The maximum atomic E-state index is 10.0. The molecule has 0 atom stereocenters. The molecule has 0 bridgehead atoms. The van der Waals surface area contributed by atoms with Gasteiger partial charge in [0.2, 0.25) is 6.61 Å². The number of hydrogen-bond acceptors (Lipinski definition) is 4. The number of hydrogen-bond donors (Lipinski definition) is 2. The van der Waals surface area contributed by atoms with Crippen LogP contribution in [-0.2, 0) is 9.63 Å². The summed E-state index contributed by atoms with van der Waals surface area (Å²) in [6.07, 6.45) is 1.32. The van der Waals surface area contributed by atoms with Crippen LogP contribution in [0, 0.1) is 0 Å². The fourth-order valence-corrected chi connectivity index (χ4v) is 0.796. The van der Waals surface area contributed by atoms with E-state index in [4.69, 9.17) is 10.2 Å². The fraction of sp³-hybridized carbons (Fsp3) is 0.111. The fourth-order valence-electron chi connectivity index (χ4n) is 0.796. The van der Waals surface area contributed by atoms with Crippen LogP contribution in [-0.4, -0.2) is 29.0 Å². The van der Waals surface area contributed by atoms with Gasteiger partial charge in [0.05, 0.1) is 6.21 Å². The molecule has 0 saturated heterocycles. The lowest BCUT2D eigenvalue weighted by atomic mass is 10.2. The Morgan fingerprint density at radius 1 is 1.57 bits per heavy atom. The summed E-state index contributed by atoms with van der Waals surface area (Å²) >= 11 is 0. The number of rotatable bonds is 4. The van der Waals surface area contributed by atoms with E-state index >= 15 is 0 Å². The van der Waals surface area contributed by atoms with Crippen LogP contribution in [0.5, 0.6) is 5.75 Å². The third-order valence-electron chi connectivity index (χ3n) is 1.33. The summed E-state index contributed by atoms with van der Waals surface area (Å²) < 4.78 is 0. The molecule has 0 aliphatic rings. The summed E-state index contributed by atoms with van der Waals surface area (Å²) in [7, 11) is 0. The summed E-state index contributed by atoms with van der Waals surface area (Å²) in [4.78, 5) is 14.5. The van der Waals surface area contributed by atoms with Crippen LogP contribution < -0.4 is 0 Å². The van der Waals surface area contributed by atoms with Crippen LogP contribution >= 0.6 is 0 Å². The van der Waals surface area contributed by atoms with Crippen molar-refractivity contribution in [3.8, 4) is 5.75 Å². The number of phenols is 1. The molecule has 1 aromatic carbocycles. The zero-order chi connectivity index (χ0) is 10.4. The molecule has 74 valence electrons. The molecule has 0 aliphatic heterocycles. The molecule has 0 fully saturated rings. The first-order valence-electron chi connectivity index (χ1n) is 3.84. The van der Waals surface area contributed by atoms with Crippen molar-refractivity contribution in [1.29, 1.82) is 0 Å². The third kappa shape index (κ3) is 3.57. The van der Waals surface area contributed by atoms with Crippen molar-refractivity contribution >= 4 is 12.2 Å². The molecule has 0 amide bonds. The molecule has 0 heterocycles. The predicted molar refractivity (Wildman–Crippen MR) is 49.3 cm³/mol. The lowest BCUT2D eigenvalue weighted by Crippen LogP contribution is -2.03. The molecule has 0 saturated carbocycles. The average molecular weight is 195 g/mol. The third-order valence-corrected chi connectivity index (χ3v) is 1.33. The first-order valence-corrected chi connectivity index (χ1v) is 3.84. The van der Waals surface area contributed by atoms with E-state index in [1.165, 1.54) is 18.3 Å². The number of benzene rings is 1. The van der Waals surface area contributed by atoms with Crippen LogP contribution in [0.1, 0.15) is 5.56 Å². The van der Waals surface area contributed by atoms with Gasteiger partial charge in [0.15, 0.2) is 0 Å². The van der Waals surface area contributed by atoms with Crippen molar-refractivity contribution in [2.75, 3.05) is 6.61 Å². The van der Waals surface area contributed by atoms with Gasteiger partial charge in [-0.1, -0.05) is 17.3 Å². The molecular formula is C9H9NO4. The topological polar surface area (TPSA) is 79.1 Å². The molecule has 1 rings (SSSR count). The largest absolute Gasteiger partial charge is 0.508 e. The molecule has 5 nitrogen and oxygen atoms in total. The monoisotopic (exact) mass is 195 g/mol. The van der Waals surface area contributed by atoms with E-state index in [0.29, 0.717) is 5.56 Å². The van der Waals surface area contributed by atoms with Gasteiger partial charge in [-0.15, -0.1) is 0 Å². The number of carboxylic acids is 1. The number of aliphatic carboxylic acids is 1. The SMILES string of the molecule is O=C(O)CO/N=C/c1cccc(O)c1. The van der Waals surface area contributed by atoms with Gasteiger partial charge in [-0.2, -0.15) is 0 Å². The quantitative estimate of drug-likeness (QED) is 0.550. The molecule has 1 aromatic rings. The molecular weight excluding hydrogens is 186 g/mol. The molecule has 0 aromatic heterocycles. The minimum absolute atomic E-state index is 0.118. The van der Waals surface area contributed by atoms with Crippen LogP contribution in [0.3, 0.4) is 0 Å². The molecule has 0 spiro atoms. The van der Waals surface area contributed by atoms with E-state index in [1.54, 1.807) is 12.1 Å². The van der Waals surface area contributed by atoms with Gasteiger partial charge in [-0.05, 0) is 17.7 Å². The van der Waals surface area contributed by atoms with Gasteiger partial charge in [-0.25, -0.2) is 4.79 Å². The van der Waals surface area contributed by atoms with E-state index in [9.17, 15) is 4.79 Å². The number of nitrogens with zero attached hydrogens (tertiary/aromatic N) is 1. The van der Waals surface area contributed by atoms with E-state index in [-0.39, 0.29) is 5.75 Å². The van der Waals surface area contributed by atoms with Crippen molar-refractivity contribution in [1.82, 2.24) is 0 Å². The Labute approximate surface area is 80.2 Å². The van der Waals surface area contributed by atoms with Crippen LogP contribution in [0.25, 0.3) is 0 Å². The highest BCUT2D eigenvalue weighted by atomic mass is 16.6. The second-order valence-electron chi connectivity index (χ2n) is 2.50. The molecule has 0 unspecified atom stereocenters. The van der Waals surface area contributed by atoms with E-state index in [0.717, 1.165) is 0 Å². The number of aromatic hydroxyl groups is 1. The van der Waals surface area contributed by atoms with Gasteiger partial charge in [0.1, 0.15) is 5.75 Å². The minimum Gasteiger partial charge on any atom is -0.508 e. The number of carbonyl (C=O) groups is 1. The van der Waals surface area contributed by atoms with Gasteiger partial charge in [0, 0.05) is 0 Å². The Kier molecular flexibility index (Phi) is 3.49. The summed E-state index contributed by atoms with van der Waals surface area (Å²) in [5.74, 6) is -0.967. The van der Waals surface area contributed by atoms with Gasteiger partial charge in [-0.3, -0.25) is 0 Å². The molecule has 0 radical (unpaired) electrons. The predicted octanol–water partition coefficient (Wildman–Crippen LogP) is 0.827. The first-order chi connectivity index (χ1) is 6.68. The first kappa shape index (κ1) is 10.0. The highest BCUT2D eigenvalue weighted by Gasteiger charge is 1.94. The Morgan fingerprint density at radius 2 is 2.36 bits per heavy atom. The summed E-state index contributed by atoms with van der Waals surface area (Å²) in [5, 5.41) is 20.7. The van der Waals surface area contributed by atoms with Crippen LogP contribution in [0.4, 0.5) is 0 Å². The van der Waals surface area contributed by atoms with Crippen LogP contribution in [0.15, 0.2) is 29.4 Å². The molecule has 2 N–H and O–H groups in total. The zero-order valence-electron chi connectivity index (χ0n) is 7.25. The maximum Gasteiger partial charge on any atom is 0.344 e. The van der Waals surface area contributed by atoms with E-state index in [2.05, 4.69) is 9.99 Å². The Balaban J connectivity index is 2.47. The lowest BCUT2D eigenvalue weighted by molar-refractivity contribution is -0.142. The van der Waals surface area contributed by atoms with Crippen molar-refractivity contribution in [3.05, 3.63) is 29.8 Å². The second kappa shape index (κ2) is 4.86. The zero-order valence-corrected chi connectivity index (χ0v) is 7.25. The van der Waals surface area contributed by atoms with Crippen molar-refractivity contribution in [3.63, 3.8) is 0 Å². The number of carboxylic acid groups (broad SMARTS) is 1. The molecule has 5 heteroatoms. The lowest BCUT2D eigenvalue weighted by Gasteiger charge is -1.94. The Morgan fingerprint density at radius 3 is 3.00 bits per heavy atom. The average Bonchev–Trinajstić information content (AvgIpc) is 2.12. The van der Waals surface area contributed by atoms with Crippen LogP contribution in [0.2, 0.25) is 0 Å². The van der Waals surface area contributed by atoms with Crippen molar-refractivity contribution in [2.24, 2.45) is 5.16 Å². The highest BCUT2D eigenvalue weighted by molar-refractivity contribution is 5.79. The second-order valence-corrected chi connectivity index (χ2v) is 2.50. The minimum atomic E-state index is -1.09. The summed E-state index contributed by atoms with van der Waals surface area (Å²) in [5.41, 5.74) is 0.635. The van der Waals surface area contributed by atoms with Gasteiger partial charge in [0.25, 0.3) is 0 Å². The standard InChI is InChI=1S/C9H9NO4/c11-8-3-1-2-7(4-8)5-10-14-6-9(12)13/h1-5,11H,6H2,(H,12,13)/b10-5+. The van der Waals surface area contributed by atoms with E-state index in [1.807, 2.05) is 0 Å². The van der Waals surface area contributed by atoms with Crippen molar-refractivity contribution in [2.45, 2.75) is 0 Å². The normalized spacial score (nSPS) is 10.3. The Hall–Kier alpha value is -2.04. The summed E-state index contributed by atoms with van der Waals surface area (Å²) in [6.45, 7) is -0.477. The van der Waals surface area contributed by atoms with Crippen molar-refractivity contribution < 1.29 is 19.8 Å². The number of oxime groups is 1. The molecule has 0 aliphatic carbocycles. The van der Waals surface area contributed by atoms with Gasteiger partial charge < -0.3 is 15.1 Å². The maximum absolute atomic E-state index is 10.0. The van der Waals surface area contributed by atoms with Gasteiger partial charge >= 0.3 is 5.97 Å².